The van der Waals surface area contributed by atoms with E-state index in [0.29, 0.717) is 10.0 Å². The Balaban J connectivity index is 2.31. The van der Waals surface area contributed by atoms with E-state index < -0.39 is 0 Å². The van der Waals surface area contributed by atoms with Gasteiger partial charge in [0.05, 0.1) is 15.4 Å². The van der Waals surface area contributed by atoms with E-state index in [0.717, 1.165) is 10.4 Å². The summed E-state index contributed by atoms with van der Waals surface area (Å²) in [6.07, 6.45) is 0. The van der Waals surface area contributed by atoms with E-state index in [1.54, 1.807) is 17.4 Å². The number of hydrogen-bond acceptors (Lipinski definition) is 1. The Kier molecular flexibility index (Phi) is 4.52. The van der Waals surface area contributed by atoms with E-state index in [9.17, 15) is 0 Å². The van der Waals surface area contributed by atoms with Crippen molar-refractivity contribution in [3.8, 4) is 0 Å². The summed E-state index contributed by atoms with van der Waals surface area (Å²) < 4.78 is 0. The van der Waals surface area contributed by atoms with Crippen molar-refractivity contribution in [1.82, 2.24) is 0 Å². The van der Waals surface area contributed by atoms with Crippen LogP contribution in [0.15, 0.2) is 30.3 Å². The van der Waals surface area contributed by atoms with Gasteiger partial charge in [0.15, 0.2) is 0 Å². The fraction of sp³-hybridized carbons (Fsp3) is 0.333. The molecule has 4 heteroatoms. The molecule has 0 nitrogen and oxygen atoms in total. The van der Waals surface area contributed by atoms with Gasteiger partial charge in [-0.1, -0.05) is 50.0 Å². The molecule has 2 aromatic rings. The predicted molar refractivity (Wildman–Crippen MR) is 87.2 cm³/mol. The van der Waals surface area contributed by atoms with E-state index in [-0.39, 0.29) is 10.8 Å². The van der Waals surface area contributed by atoms with Crippen molar-refractivity contribution < 1.29 is 0 Å². The van der Waals surface area contributed by atoms with Gasteiger partial charge >= 0.3 is 0 Å². The lowest BCUT2D eigenvalue weighted by molar-refractivity contribution is 0.604. The van der Waals surface area contributed by atoms with E-state index in [1.807, 2.05) is 12.1 Å². The molecule has 0 aliphatic carbocycles. The summed E-state index contributed by atoms with van der Waals surface area (Å²) in [5, 5.41) is 0.907. The third-order valence-corrected chi connectivity index (χ3v) is 5.78. The fourth-order valence-electron chi connectivity index (χ4n) is 1.73. The first kappa shape index (κ1) is 15.2. The molecular formula is C15H15Cl3S. The molecule has 0 saturated carbocycles. The second-order valence-corrected chi connectivity index (χ2v) is 7.85. The molecule has 102 valence electrons. The summed E-state index contributed by atoms with van der Waals surface area (Å²) in [4.78, 5) is 2.46. The highest BCUT2D eigenvalue weighted by Gasteiger charge is 2.20. The Hall–Kier alpha value is -0.210. The topological polar surface area (TPSA) is 0 Å². The third-order valence-electron chi connectivity index (χ3n) is 2.85. The molecule has 0 N–H and O–H groups in total. The van der Waals surface area contributed by atoms with Crippen molar-refractivity contribution in [3.63, 3.8) is 0 Å². The molecule has 1 heterocycles. The number of hydrogen-bond donors (Lipinski definition) is 0. The van der Waals surface area contributed by atoms with Crippen molar-refractivity contribution in [1.29, 1.82) is 0 Å². The van der Waals surface area contributed by atoms with Crippen LogP contribution in [-0.2, 0) is 5.41 Å². The molecule has 0 saturated heterocycles. The normalized spacial score (nSPS) is 13.6. The van der Waals surface area contributed by atoms with Crippen LogP contribution in [-0.4, -0.2) is 0 Å². The highest BCUT2D eigenvalue weighted by atomic mass is 35.5. The number of benzene rings is 1. The molecule has 0 bridgehead atoms. The van der Waals surface area contributed by atoms with Crippen LogP contribution in [0.4, 0.5) is 0 Å². The number of rotatable bonds is 2. The van der Waals surface area contributed by atoms with Crippen LogP contribution in [0.2, 0.25) is 10.0 Å². The largest absolute Gasteiger partial charge is 0.143 e. The summed E-state index contributed by atoms with van der Waals surface area (Å²) in [7, 11) is 0. The molecule has 0 aliphatic rings. The summed E-state index contributed by atoms with van der Waals surface area (Å²) in [5.41, 5.74) is 1.12. The highest BCUT2D eigenvalue weighted by molar-refractivity contribution is 7.12. The van der Waals surface area contributed by atoms with Gasteiger partial charge in [0.25, 0.3) is 0 Å². The summed E-state index contributed by atoms with van der Waals surface area (Å²) in [6.45, 7) is 6.60. The molecule has 0 spiro atoms. The van der Waals surface area contributed by atoms with Crippen molar-refractivity contribution in [2.75, 3.05) is 0 Å². The van der Waals surface area contributed by atoms with Gasteiger partial charge in [-0.05, 0) is 35.2 Å². The van der Waals surface area contributed by atoms with Gasteiger partial charge in [-0.15, -0.1) is 22.9 Å². The molecule has 0 aliphatic heterocycles. The van der Waals surface area contributed by atoms with Gasteiger partial charge in [-0.2, -0.15) is 0 Å². The average Bonchev–Trinajstić information content (AvgIpc) is 2.81. The van der Waals surface area contributed by atoms with Crippen LogP contribution in [0.25, 0.3) is 0 Å². The van der Waals surface area contributed by atoms with E-state index in [4.69, 9.17) is 34.8 Å². The molecule has 1 aromatic carbocycles. The van der Waals surface area contributed by atoms with Crippen LogP contribution >= 0.6 is 46.1 Å². The minimum absolute atomic E-state index is 0.150. The van der Waals surface area contributed by atoms with Crippen molar-refractivity contribution in [2.24, 2.45) is 0 Å². The maximum absolute atomic E-state index is 6.53. The lowest BCUT2D eigenvalue weighted by Crippen LogP contribution is -2.07. The quantitative estimate of drug-likeness (QED) is 0.538. The predicted octanol–water partition coefficient (Wildman–Crippen LogP) is 6.68. The number of halogens is 3. The first-order valence-electron chi connectivity index (χ1n) is 5.98. The van der Waals surface area contributed by atoms with Gasteiger partial charge in [-0.25, -0.2) is 0 Å². The van der Waals surface area contributed by atoms with Crippen molar-refractivity contribution in [2.45, 2.75) is 31.6 Å². The SMILES string of the molecule is CC(C)(C)c1ccc(C(Cl)c2ccc(Cl)c(Cl)c2)s1. The highest BCUT2D eigenvalue weighted by Crippen LogP contribution is 2.39. The Morgan fingerprint density at radius 2 is 1.68 bits per heavy atom. The van der Waals surface area contributed by atoms with E-state index >= 15 is 0 Å². The van der Waals surface area contributed by atoms with Crippen LogP contribution in [0.5, 0.6) is 0 Å². The van der Waals surface area contributed by atoms with Gasteiger partial charge in [-0.3, -0.25) is 0 Å². The molecule has 2 rings (SSSR count). The zero-order valence-corrected chi connectivity index (χ0v) is 14.1. The van der Waals surface area contributed by atoms with Gasteiger partial charge in [0.1, 0.15) is 0 Å². The van der Waals surface area contributed by atoms with Crippen molar-refractivity contribution >= 4 is 46.1 Å². The standard InChI is InChI=1S/C15H15Cl3S/c1-15(2,3)13-7-6-12(19-13)14(18)9-4-5-10(16)11(17)8-9/h4-8,14H,1-3H3. The second-order valence-electron chi connectivity index (χ2n) is 5.49. The molecule has 1 aromatic heterocycles. The molecule has 0 amide bonds. The molecular weight excluding hydrogens is 319 g/mol. The molecule has 0 radical (unpaired) electrons. The summed E-state index contributed by atoms with van der Waals surface area (Å²) >= 11 is 20.2. The third kappa shape index (κ3) is 3.46. The van der Waals surface area contributed by atoms with Gasteiger partial charge in [0.2, 0.25) is 0 Å². The van der Waals surface area contributed by atoms with Crippen molar-refractivity contribution in [3.05, 3.63) is 55.7 Å². The van der Waals surface area contributed by atoms with Crippen LogP contribution in [0.1, 0.15) is 41.5 Å². The Labute approximate surface area is 133 Å². The number of alkyl halides is 1. The maximum Gasteiger partial charge on any atom is 0.0928 e. The number of thiophene rings is 1. The van der Waals surface area contributed by atoms with Gasteiger partial charge < -0.3 is 0 Å². The van der Waals surface area contributed by atoms with Crippen LogP contribution < -0.4 is 0 Å². The lowest BCUT2D eigenvalue weighted by atomic mass is 9.95. The molecule has 0 fully saturated rings. The Morgan fingerprint density at radius 1 is 1.00 bits per heavy atom. The summed E-state index contributed by atoms with van der Waals surface area (Å²) in [6, 6.07) is 9.77. The minimum Gasteiger partial charge on any atom is -0.143 e. The van der Waals surface area contributed by atoms with Crippen LogP contribution in [0.3, 0.4) is 0 Å². The molecule has 1 unspecified atom stereocenters. The Morgan fingerprint density at radius 3 is 2.21 bits per heavy atom. The minimum atomic E-state index is -0.184. The zero-order valence-electron chi connectivity index (χ0n) is 11.0. The summed E-state index contributed by atoms with van der Waals surface area (Å²) in [5.74, 6) is 0. The molecule has 1 atom stereocenters. The molecule has 19 heavy (non-hydrogen) atoms. The average molecular weight is 334 g/mol. The van der Waals surface area contributed by atoms with E-state index in [1.165, 1.54) is 4.88 Å². The fourth-order valence-corrected chi connectivity index (χ4v) is 3.45. The first-order chi connectivity index (χ1) is 8.79. The monoisotopic (exact) mass is 332 g/mol. The van der Waals surface area contributed by atoms with E-state index in [2.05, 4.69) is 32.9 Å². The first-order valence-corrected chi connectivity index (χ1v) is 7.99. The Bertz CT molecular complexity index is 581. The maximum atomic E-state index is 6.53. The van der Waals surface area contributed by atoms with Gasteiger partial charge in [0, 0.05) is 9.75 Å². The zero-order chi connectivity index (χ0) is 14.2. The van der Waals surface area contributed by atoms with Crippen LogP contribution in [0, 0.1) is 0 Å². The second kappa shape index (κ2) is 5.65. The lowest BCUT2D eigenvalue weighted by Gasteiger charge is -2.15. The smallest absolute Gasteiger partial charge is 0.0928 e.